The van der Waals surface area contributed by atoms with Crippen molar-refractivity contribution in [3.8, 4) is 0 Å². The molecule has 4 rings (SSSR count). The summed E-state index contributed by atoms with van der Waals surface area (Å²) in [7, 11) is 0. The number of aliphatic hydroxyl groups excluding tert-OH is 1. The van der Waals surface area contributed by atoms with E-state index in [2.05, 4.69) is 4.98 Å². The molecule has 0 bridgehead atoms. The average Bonchev–Trinajstić information content (AvgIpc) is 2.95. The number of aromatic nitrogens is 1. The van der Waals surface area contributed by atoms with Gasteiger partial charge in [0.25, 0.3) is 5.91 Å². The fraction of sp³-hybridized carbons (Fsp3) is 0.0909. The summed E-state index contributed by atoms with van der Waals surface area (Å²) in [5, 5.41) is 10.6. The summed E-state index contributed by atoms with van der Waals surface area (Å²) in [5.74, 6) is -1.32. The molecule has 3 aromatic rings. The van der Waals surface area contributed by atoms with Gasteiger partial charge in [-0.3, -0.25) is 9.78 Å². The Balaban J connectivity index is 1.85. The topological polar surface area (TPSA) is 53.4 Å². The first-order valence-corrected chi connectivity index (χ1v) is 8.60. The van der Waals surface area contributed by atoms with E-state index in [1.165, 1.54) is 11.0 Å². The number of pyridine rings is 1. The molecule has 4 nitrogen and oxygen atoms in total. The van der Waals surface area contributed by atoms with Gasteiger partial charge >= 0.3 is 0 Å². The number of benzene rings is 2. The number of amides is 1. The maximum Gasteiger partial charge on any atom is 0.290 e. The van der Waals surface area contributed by atoms with Gasteiger partial charge in [0.2, 0.25) is 0 Å². The second-order valence-corrected chi connectivity index (χ2v) is 6.31. The molecule has 0 unspecified atom stereocenters. The molecule has 1 atom stereocenters. The summed E-state index contributed by atoms with van der Waals surface area (Å²) < 4.78 is 14.6. The Morgan fingerprint density at radius 1 is 0.963 bits per heavy atom. The van der Waals surface area contributed by atoms with Crippen LogP contribution in [0.15, 0.2) is 84.8 Å². The van der Waals surface area contributed by atoms with Gasteiger partial charge in [-0.25, -0.2) is 4.39 Å². The summed E-state index contributed by atoms with van der Waals surface area (Å²) in [6.07, 6.45) is 1.64. The molecule has 1 N–H and O–H groups in total. The molecule has 0 saturated heterocycles. The molecule has 1 aliphatic rings. The van der Waals surface area contributed by atoms with Crippen molar-refractivity contribution in [2.24, 2.45) is 0 Å². The van der Waals surface area contributed by atoms with Gasteiger partial charge in [-0.2, -0.15) is 0 Å². The zero-order valence-corrected chi connectivity index (χ0v) is 14.4. The molecule has 0 aliphatic carbocycles. The van der Waals surface area contributed by atoms with E-state index >= 15 is 0 Å². The van der Waals surface area contributed by atoms with E-state index in [1.807, 2.05) is 24.3 Å². The van der Waals surface area contributed by atoms with Crippen molar-refractivity contribution in [3.05, 3.63) is 107 Å². The van der Waals surface area contributed by atoms with Crippen LogP contribution in [-0.2, 0) is 11.3 Å². The molecule has 134 valence electrons. The third-order valence-electron chi connectivity index (χ3n) is 4.65. The van der Waals surface area contributed by atoms with Crippen LogP contribution in [0.5, 0.6) is 0 Å². The number of halogens is 1. The van der Waals surface area contributed by atoms with Gasteiger partial charge in [-0.15, -0.1) is 0 Å². The lowest BCUT2D eigenvalue weighted by atomic mass is 9.93. The molecule has 2 heterocycles. The number of aliphatic hydroxyl groups is 1. The quantitative estimate of drug-likeness (QED) is 0.756. The van der Waals surface area contributed by atoms with Crippen molar-refractivity contribution in [2.75, 3.05) is 0 Å². The minimum atomic E-state index is -0.733. The zero-order chi connectivity index (χ0) is 18.8. The number of carbonyl (C=O) groups excluding carboxylic acids is 1. The zero-order valence-electron chi connectivity index (χ0n) is 14.4. The number of hydrogen-bond donors (Lipinski definition) is 1. The molecule has 5 heteroatoms. The Bertz CT molecular complexity index is 1000. The van der Waals surface area contributed by atoms with Crippen LogP contribution in [0, 0.1) is 5.82 Å². The van der Waals surface area contributed by atoms with E-state index in [0.29, 0.717) is 22.4 Å². The van der Waals surface area contributed by atoms with Gasteiger partial charge in [0.1, 0.15) is 5.82 Å². The lowest BCUT2D eigenvalue weighted by Crippen LogP contribution is -2.30. The average molecular weight is 360 g/mol. The Hall–Kier alpha value is -3.47. The Morgan fingerprint density at radius 3 is 2.37 bits per heavy atom. The van der Waals surface area contributed by atoms with E-state index in [9.17, 15) is 14.3 Å². The first-order chi connectivity index (χ1) is 13.2. The first-order valence-electron chi connectivity index (χ1n) is 8.60. The maximum atomic E-state index is 14.6. The molecule has 1 aromatic heterocycles. The molecule has 1 amide bonds. The number of hydrogen-bond acceptors (Lipinski definition) is 3. The molecule has 1 aliphatic heterocycles. The van der Waals surface area contributed by atoms with Crippen LogP contribution in [0.2, 0.25) is 0 Å². The molecule has 0 spiro atoms. The summed E-state index contributed by atoms with van der Waals surface area (Å²) in [6.45, 7) is 0.166. The van der Waals surface area contributed by atoms with Crippen LogP contribution in [0.1, 0.15) is 22.9 Å². The lowest BCUT2D eigenvalue weighted by molar-refractivity contribution is -0.130. The molecule has 27 heavy (non-hydrogen) atoms. The first kappa shape index (κ1) is 17.0. The second-order valence-electron chi connectivity index (χ2n) is 6.31. The van der Waals surface area contributed by atoms with Crippen molar-refractivity contribution in [1.29, 1.82) is 0 Å². The third kappa shape index (κ3) is 3.08. The van der Waals surface area contributed by atoms with E-state index in [-0.39, 0.29) is 12.3 Å². The Labute approximate surface area is 156 Å². The van der Waals surface area contributed by atoms with Crippen molar-refractivity contribution < 1.29 is 14.3 Å². The van der Waals surface area contributed by atoms with Crippen LogP contribution in [0.25, 0.3) is 5.57 Å². The predicted molar refractivity (Wildman–Crippen MR) is 99.9 cm³/mol. The minimum Gasteiger partial charge on any atom is -0.503 e. The highest BCUT2D eigenvalue weighted by molar-refractivity contribution is 6.05. The van der Waals surface area contributed by atoms with Crippen molar-refractivity contribution in [3.63, 3.8) is 0 Å². The molecular weight excluding hydrogens is 343 g/mol. The summed E-state index contributed by atoms with van der Waals surface area (Å²) in [6, 6.07) is 20.1. The molecule has 0 radical (unpaired) electrons. The van der Waals surface area contributed by atoms with Crippen LogP contribution in [0.4, 0.5) is 4.39 Å². The number of carbonyl (C=O) groups is 1. The van der Waals surface area contributed by atoms with Crippen LogP contribution in [0.3, 0.4) is 0 Å². The Morgan fingerprint density at radius 2 is 1.67 bits per heavy atom. The highest BCUT2D eigenvalue weighted by Gasteiger charge is 2.42. The van der Waals surface area contributed by atoms with Crippen LogP contribution >= 0.6 is 0 Å². The maximum absolute atomic E-state index is 14.6. The highest BCUT2D eigenvalue weighted by Crippen LogP contribution is 2.44. The van der Waals surface area contributed by atoms with Crippen molar-refractivity contribution in [2.45, 2.75) is 12.6 Å². The monoisotopic (exact) mass is 360 g/mol. The van der Waals surface area contributed by atoms with Gasteiger partial charge < -0.3 is 10.0 Å². The molecule has 2 aromatic carbocycles. The minimum absolute atomic E-state index is 0.166. The van der Waals surface area contributed by atoms with Crippen molar-refractivity contribution in [1.82, 2.24) is 9.88 Å². The number of rotatable bonds is 4. The molecule has 0 fully saturated rings. The van der Waals surface area contributed by atoms with Gasteiger partial charge in [-0.05, 0) is 23.8 Å². The standard InChI is InChI=1S/C22H17FN2O2/c23-18-12-5-4-11-17(18)20-19(15-8-2-1-3-9-15)21(26)22(27)25(20)14-16-10-6-7-13-24-16/h1-13,20,26H,14H2/t20-/m1/s1. The van der Waals surface area contributed by atoms with Crippen LogP contribution < -0.4 is 0 Å². The predicted octanol–water partition coefficient (Wildman–Crippen LogP) is 4.27. The van der Waals surface area contributed by atoms with Crippen LogP contribution in [-0.4, -0.2) is 20.9 Å². The second kappa shape index (κ2) is 7.03. The summed E-state index contributed by atoms with van der Waals surface area (Å²) in [4.78, 5) is 18.6. The molecular formula is C22H17FN2O2. The van der Waals surface area contributed by atoms with E-state index in [1.54, 1.807) is 48.7 Å². The normalized spacial score (nSPS) is 16.9. The summed E-state index contributed by atoms with van der Waals surface area (Å²) >= 11 is 0. The fourth-order valence-electron chi connectivity index (χ4n) is 3.42. The molecule has 0 saturated carbocycles. The van der Waals surface area contributed by atoms with Gasteiger partial charge in [0, 0.05) is 17.3 Å². The van der Waals surface area contributed by atoms with E-state index in [0.717, 1.165) is 0 Å². The number of nitrogens with zero attached hydrogens (tertiary/aromatic N) is 2. The highest BCUT2D eigenvalue weighted by atomic mass is 19.1. The van der Waals surface area contributed by atoms with E-state index in [4.69, 9.17) is 0 Å². The van der Waals surface area contributed by atoms with Crippen molar-refractivity contribution >= 4 is 11.5 Å². The smallest absolute Gasteiger partial charge is 0.290 e. The largest absolute Gasteiger partial charge is 0.503 e. The Kier molecular flexibility index (Phi) is 4.42. The van der Waals surface area contributed by atoms with Gasteiger partial charge in [0.15, 0.2) is 5.76 Å². The fourth-order valence-corrected chi connectivity index (χ4v) is 3.42. The summed E-state index contributed by atoms with van der Waals surface area (Å²) in [5.41, 5.74) is 2.08. The SMILES string of the molecule is O=C1C(O)=C(c2ccccc2)[C@@H](c2ccccc2F)N1Cc1ccccn1. The third-order valence-corrected chi connectivity index (χ3v) is 4.65. The lowest BCUT2D eigenvalue weighted by Gasteiger charge is -2.27. The van der Waals surface area contributed by atoms with E-state index < -0.39 is 17.8 Å². The van der Waals surface area contributed by atoms with Gasteiger partial charge in [0.05, 0.1) is 18.3 Å². The van der Waals surface area contributed by atoms with Gasteiger partial charge in [-0.1, -0.05) is 54.6 Å².